The van der Waals surface area contributed by atoms with Crippen molar-refractivity contribution < 1.29 is 41.4 Å². The van der Waals surface area contributed by atoms with Crippen molar-refractivity contribution in [1.29, 1.82) is 0 Å². The summed E-state index contributed by atoms with van der Waals surface area (Å²) in [6.45, 7) is 9.62. The third kappa shape index (κ3) is 13.6. The predicted molar refractivity (Wildman–Crippen MR) is 184 cm³/mol. The number of carbonyl (C=O) groups is 3. The molecule has 1 fully saturated rings. The number of primary amides is 1. The van der Waals surface area contributed by atoms with E-state index in [4.69, 9.17) is 22.1 Å². The van der Waals surface area contributed by atoms with E-state index in [1.807, 2.05) is 44.2 Å². The zero-order valence-corrected chi connectivity index (χ0v) is 29.6. The highest BCUT2D eigenvalue weighted by Gasteiger charge is 2.39. The van der Waals surface area contributed by atoms with Crippen LogP contribution in [0.4, 0.5) is 27.2 Å². The highest BCUT2D eigenvalue weighted by atomic mass is 35.5. The van der Waals surface area contributed by atoms with Crippen molar-refractivity contribution in [3.63, 3.8) is 0 Å². The van der Waals surface area contributed by atoms with Crippen molar-refractivity contribution in [2.24, 2.45) is 5.73 Å². The van der Waals surface area contributed by atoms with Gasteiger partial charge in [0.25, 0.3) is 0 Å². The molecule has 1 aliphatic rings. The average molecular weight is 723 g/mol. The Kier molecular flexibility index (Phi) is 17.3. The van der Waals surface area contributed by atoms with Crippen LogP contribution in [-0.4, -0.2) is 71.3 Å². The minimum Gasteiger partial charge on any atom is -0.467 e. The molecule has 50 heavy (non-hydrogen) atoms. The summed E-state index contributed by atoms with van der Waals surface area (Å²) in [5, 5.41) is 0.419. The molecule has 0 saturated carbocycles. The number of rotatable bonds is 5. The molecule has 0 aliphatic carbocycles. The van der Waals surface area contributed by atoms with Gasteiger partial charge in [0.05, 0.1) is 24.2 Å². The number of nitrogens with two attached hydrogens (primary N) is 1. The number of carbonyl (C=O) groups excluding carboxylic acids is 3. The molecule has 3 aromatic rings. The van der Waals surface area contributed by atoms with E-state index in [9.17, 15) is 31.9 Å². The Hall–Kier alpha value is -4.83. The first-order valence-corrected chi connectivity index (χ1v) is 15.8. The van der Waals surface area contributed by atoms with Crippen LogP contribution in [-0.2, 0) is 26.9 Å². The smallest absolute Gasteiger partial charge is 0.416 e. The molecular formula is C36H43ClF4N4O5. The Balaban J connectivity index is 0.000000469. The van der Waals surface area contributed by atoms with Gasteiger partial charge in [0.15, 0.2) is 6.04 Å². The van der Waals surface area contributed by atoms with E-state index in [0.29, 0.717) is 23.2 Å². The molecular weight excluding hydrogens is 680 g/mol. The van der Waals surface area contributed by atoms with Crippen LogP contribution < -0.4 is 5.73 Å². The van der Waals surface area contributed by atoms with Gasteiger partial charge in [-0.1, -0.05) is 55.8 Å². The predicted octanol–water partition coefficient (Wildman–Crippen LogP) is 7.70. The monoisotopic (exact) mass is 722 g/mol. The Morgan fingerprint density at radius 2 is 1.64 bits per heavy atom. The zero-order valence-electron chi connectivity index (χ0n) is 28.8. The molecule has 1 aliphatic heterocycles. The molecule has 2 aromatic carbocycles. The van der Waals surface area contributed by atoms with Crippen LogP contribution in [0, 0.1) is 18.7 Å². The maximum Gasteiger partial charge on any atom is 0.416 e. The van der Waals surface area contributed by atoms with E-state index in [0.717, 1.165) is 17.7 Å². The second kappa shape index (κ2) is 20.0. The van der Waals surface area contributed by atoms with Gasteiger partial charge in [0, 0.05) is 30.9 Å². The molecule has 9 nitrogen and oxygen atoms in total. The van der Waals surface area contributed by atoms with Crippen molar-refractivity contribution in [2.45, 2.75) is 64.8 Å². The molecule has 0 radical (unpaired) electrons. The number of piperazine rings is 1. The molecule has 1 aromatic heterocycles. The average Bonchev–Trinajstić information content (AvgIpc) is 3.08. The van der Waals surface area contributed by atoms with Crippen LogP contribution in [0.15, 0.2) is 66.9 Å². The number of aromatic nitrogens is 1. The number of esters is 1. The number of hydrogen-bond acceptors (Lipinski definition) is 6. The number of methoxy groups -OCH3 is 1. The molecule has 2 unspecified atom stereocenters. The highest BCUT2D eigenvalue weighted by molar-refractivity contribution is 6.30. The lowest BCUT2D eigenvalue weighted by atomic mass is 9.88. The minimum atomic E-state index is -4.62. The minimum absolute atomic E-state index is 0.00124. The lowest BCUT2D eigenvalue weighted by Crippen LogP contribution is -2.61. The molecule has 272 valence electrons. The van der Waals surface area contributed by atoms with Crippen molar-refractivity contribution in [3.8, 4) is 12.8 Å². The number of urea groups is 1. The first kappa shape index (κ1) is 43.2. The van der Waals surface area contributed by atoms with E-state index < -0.39 is 53.2 Å². The summed E-state index contributed by atoms with van der Waals surface area (Å²) in [6.07, 6.45) is 4.58. The third-order valence-electron chi connectivity index (χ3n) is 6.83. The van der Waals surface area contributed by atoms with Crippen LogP contribution in [0.5, 0.6) is 0 Å². The summed E-state index contributed by atoms with van der Waals surface area (Å²) >= 11 is 5.86. The van der Waals surface area contributed by atoms with Crippen molar-refractivity contribution in [2.75, 3.05) is 26.7 Å². The summed E-state index contributed by atoms with van der Waals surface area (Å²) in [5.41, 5.74) is 5.16. The maximum atomic E-state index is 13.9. The Morgan fingerprint density at radius 3 is 2.14 bits per heavy atom. The number of terminal acetylenes is 1. The lowest BCUT2D eigenvalue weighted by Gasteiger charge is -2.39. The number of pyridine rings is 1. The molecule has 0 spiro atoms. The van der Waals surface area contributed by atoms with Crippen molar-refractivity contribution in [1.82, 2.24) is 14.8 Å². The number of ether oxygens (including phenoxy) is 2. The van der Waals surface area contributed by atoms with Gasteiger partial charge in [-0.15, -0.1) is 12.8 Å². The zero-order chi connectivity index (χ0) is 38.2. The summed E-state index contributed by atoms with van der Waals surface area (Å²) in [6, 6.07) is 13.6. The molecule has 14 heteroatoms. The van der Waals surface area contributed by atoms with Gasteiger partial charge in [-0.2, -0.15) is 13.2 Å². The molecule has 2 N–H and O–H groups in total. The van der Waals surface area contributed by atoms with Crippen molar-refractivity contribution in [3.05, 3.63) is 100 Å². The second-order valence-electron chi connectivity index (χ2n) is 11.4. The van der Waals surface area contributed by atoms with Gasteiger partial charge in [0.2, 0.25) is 0 Å². The fourth-order valence-corrected chi connectivity index (χ4v) is 4.79. The number of amides is 3. The van der Waals surface area contributed by atoms with E-state index in [-0.39, 0.29) is 25.2 Å². The summed E-state index contributed by atoms with van der Waals surface area (Å²) in [4.78, 5) is 41.8. The van der Waals surface area contributed by atoms with Gasteiger partial charge in [-0.25, -0.2) is 18.8 Å². The van der Waals surface area contributed by atoms with Crippen LogP contribution in [0.2, 0.25) is 5.02 Å². The van der Waals surface area contributed by atoms with Gasteiger partial charge < -0.3 is 20.1 Å². The van der Waals surface area contributed by atoms with E-state index in [1.54, 1.807) is 32.9 Å². The maximum absolute atomic E-state index is 13.9. The Bertz CT molecular complexity index is 1550. The Morgan fingerprint density at radius 1 is 1.02 bits per heavy atom. The van der Waals surface area contributed by atoms with Crippen LogP contribution in [0.25, 0.3) is 0 Å². The normalized spacial score (nSPS) is 14.6. The summed E-state index contributed by atoms with van der Waals surface area (Å²) in [5.74, 6) is -2.07. The van der Waals surface area contributed by atoms with Crippen LogP contribution in [0.1, 0.15) is 62.9 Å². The largest absolute Gasteiger partial charge is 0.467 e. The number of benzene rings is 2. The first-order valence-electron chi connectivity index (χ1n) is 15.5. The van der Waals surface area contributed by atoms with Crippen molar-refractivity contribution >= 4 is 29.7 Å². The van der Waals surface area contributed by atoms with Crippen LogP contribution in [0.3, 0.4) is 0 Å². The Labute approximate surface area is 295 Å². The van der Waals surface area contributed by atoms with E-state index in [2.05, 4.69) is 22.6 Å². The summed E-state index contributed by atoms with van der Waals surface area (Å²) in [7, 11) is 1.22. The SMILES string of the molecule is C#C.CC.COC(=O)C1CN(C(N)=O)CCN1C(=O)OC(C)(C)C.Fc1cc(C(Cc2ccccc2)c2ccc(Cl)cn2)cc(C(F)(F)F)c1. The topological polar surface area (TPSA) is 115 Å². The van der Waals surface area contributed by atoms with Gasteiger partial charge in [-0.3, -0.25) is 9.88 Å². The molecule has 1 saturated heterocycles. The van der Waals surface area contributed by atoms with E-state index in [1.165, 1.54) is 23.1 Å². The lowest BCUT2D eigenvalue weighted by molar-refractivity contribution is -0.148. The van der Waals surface area contributed by atoms with Crippen LogP contribution >= 0.6 is 11.6 Å². The molecule has 2 atom stereocenters. The fourth-order valence-electron chi connectivity index (χ4n) is 4.67. The molecule has 0 bridgehead atoms. The molecule has 2 heterocycles. The number of nitrogens with zero attached hydrogens (tertiary/aromatic N) is 3. The van der Waals surface area contributed by atoms with Gasteiger partial charge in [0.1, 0.15) is 11.4 Å². The third-order valence-corrected chi connectivity index (χ3v) is 7.06. The molecule has 4 rings (SSSR count). The van der Waals surface area contributed by atoms with E-state index >= 15 is 0 Å². The number of halogens is 5. The molecule has 3 amide bonds. The van der Waals surface area contributed by atoms with Gasteiger partial charge >= 0.3 is 24.3 Å². The highest BCUT2D eigenvalue weighted by Crippen LogP contribution is 2.35. The summed E-state index contributed by atoms with van der Waals surface area (Å²) < 4.78 is 63.1. The number of alkyl halides is 3. The second-order valence-corrected chi connectivity index (χ2v) is 11.8. The standard InChI is InChI=1S/C20H14ClF4N.C12H21N3O5.C2H6.C2H2/c21-16-6-7-19(26-12-16)18(8-13-4-2-1-3-5-13)14-9-15(20(23,24)25)11-17(22)10-14;1-12(2,3)20-11(18)15-6-5-14(10(13)17)7-8(15)9(16)19-4;2*1-2/h1-7,9-12,18H,8H2;8H,5-7H2,1-4H3,(H2,13,17);1-2H3;1-2H. The fraction of sp³-hybridized carbons (Fsp3) is 0.389. The van der Waals surface area contributed by atoms with Gasteiger partial charge in [-0.05, 0) is 68.7 Å². The number of hydrogen-bond donors (Lipinski definition) is 1. The first-order chi connectivity index (χ1) is 23.5. The quantitative estimate of drug-likeness (QED) is 0.164.